The average Bonchev–Trinajstić information content (AvgIpc) is 2.57. The zero-order valence-electron chi connectivity index (χ0n) is 8.40. The second-order valence-electron chi connectivity index (χ2n) is 3.25. The van der Waals surface area contributed by atoms with Gasteiger partial charge in [-0.1, -0.05) is 18.2 Å². The molecule has 0 saturated carbocycles. The molecular formula is C11H11NO3. The molecule has 1 aromatic rings. The Hall–Kier alpha value is -1.84. The summed E-state index contributed by atoms with van der Waals surface area (Å²) in [5, 5.41) is 0. The van der Waals surface area contributed by atoms with Gasteiger partial charge < -0.3 is 4.74 Å². The number of nitrogens with zero attached hydrogens (tertiary/aromatic N) is 1. The minimum atomic E-state index is -0.571. The third-order valence-corrected chi connectivity index (χ3v) is 2.31. The number of hydrogen-bond acceptors (Lipinski definition) is 3. The predicted molar refractivity (Wildman–Crippen MR) is 53.3 cm³/mol. The SMILES string of the molecule is CCOC(=O)N1Cc2ccccc2C1=O. The fourth-order valence-electron chi connectivity index (χ4n) is 1.60. The van der Waals surface area contributed by atoms with Crippen LogP contribution in [0.4, 0.5) is 4.79 Å². The molecule has 4 heteroatoms. The van der Waals surface area contributed by atoms with E-state index >= 15 is 0 Å². The highest BCUT2D eigenvalue weighted by molar-refractivity contribution is 6.06. The van der Waals surface area contributed by atoms with E-state index in [1.807, 2.05) is 12.1 Å². The number of ether oxygens (including phenoxy) is 1. The molecule has 1 heterocycles. The number of benzene rings is 1. The summed E-state index contributed by atoms with van der Waals surface area (Å²) < 4.78 is 4.79. The standard InChI is InChI=1S/C11H11NO3/c1-2-15-11(14)12-7-8-5-3-4-6-9(8)10(12)13/h3-6H,2,7H2,1H3. The summed E-state index contributed by atoms with van der Waals surface area (Å²) in [6.45, 7) is 2.30. The molecule has 1 aliphatic heterocycles. The van der Waals surface area contributed by atoms with E-state index < -0.39 is 6.09 Å². The summed E-state index contributed by atoms with van der Waals surface area (Å²) >= 11 is 0. The van der Waals surface area contributed by atoms with Crippen LogP contribution >= 0.6 is 0 Å². The largest absolute Gasteiger partial charge is 0.449 e. The van der Waals surface area contributed by atoms with Crippen LogP contribution in [-0.2, 0) is 11.3 Å². The van der Waals surface area contributed by atoms with E-state index in [0.29, 0.717) is 12.1 Å². The van der Waals surface area contributed by atoms with Crippen molar-refractivity contribution in [3.8, 4) is 0 Å². The fraction of sp³-hybridized carbons (Fsp3) is 0.273. The number of amides is 2. The van der Waals surface area contributed by atoms with Crippen molar-refractivity contribution < 1.29 is 14.3 Å². The summed E-state index contributed by atoms with van der Waals surface area (Å²) in [6.07, 6.45) is -0.571. The van der Waals surface area contributed by atoms with Crippen molar-refractivity contribution in [1.29, 1.82) is 0 Å². The van der Waals surface area contributed by atoms with Crippen molar-refractivity contribution in [3.63, 3.8) is 0 Å². The molecule has 4 nitrogen and oxygen atoms in total. The summed E-state index contributed by atoms with van der Waals surface area (Å²) in [4.78, 5) is 24.3. The highest BCUT2D eigenvalue weighted by atomic mass is 16.6. The predicted octanol–water partition coefficient (Wildman–Crippen LogP) is 1.80. The van der Waals surface area contributed by atoms with E-state index in [1.54, 1.807) is 19.1 Å². The Morgan fingerprint density at radius 2 is 2.20 bits per heavy atom. The second kappa shape index (κ2) is 3.73. The number of imide groups is 1. The van der Waals surface area contributed by atoms with Gasteiger partial charge in [-0.3, -0.25) is 4.79 Å². The number of fused-ring (bicyclic) bond motifs is 1. The van der Waals surface area contributed by atoms with E-state index in [2.05, 4.69) is 0 Å². The summed E-state index contributed by atoms with van der Waals surface area (Å²) in [5.74, 6) is -0.274. The van der Waals surface area contributed by atoms with E-state index in [9.17, 15) is 9.59 Å². The topological polar surface area (TPSA) is 46.6 Å². The van der Waals surface area contributed by atoms with Gasteiger partial charge >= 0.3 is 6.09 Å². The van der Waals surface area contributed by atoms with Gasteiger partial charge in [0.2, 0.25) is 0 Å². The molecule has 0 aromatic heterocycles. The lowest BCUT2D eigenvalue weighted by atomic mass is 10.1. The van der Waals surface area contributed by atoms with Crippen molar-refractivity contribution in [1.82, 2.24) is 4.90 Å². The number of hydrogen-bond donors (Lipinski definition) is 0. The van der Waals surface area contributed by atoms with Gasteiger partial charge in [-0.25, -0.2) is 9.69 Å². The zero-order valence-corrected chi connectivity index (χ0v) is 8.40. The van der Waals surface area contributed by atoms with Gasteiger partial charge in [0.15, 0.2) is 0 Å². The minimum Gasteiger partial charge on any atom is -0.449 e. The summed E-state index contributed by atoms with van der Waals surface area (Å²) in [7, 11) is 0. The van der Waals surface area contributed by atoms with Crippen LogP contribution in [-0.4, -0.2) is 23.5 Å². The first-order valence-electron chi connectivity index (χ1n) is 4.80. The van der Waals surface area contributed by atoms with Crippen molar-refractivity contribution in [2.24, 2.45) is 0 Å². The van der Waals surface area contributed by atoms with Crippen LogP contribution in [0.15, 0.2) is 24.3 Å². The maximum Gasteiger partial charge on any atom is 0.417 e. The van der Waals surface area contributed by atoms with Crippen molar-refractivity contribution >= 4 is 12.0 Å². The summed E-state index contributed by atoms with van der Waals surface area (Å²) in [5.41, 5.74) is 1.46. The molecule has 0 bridgehead atoms. The number of rotatable bonds is 1. The molecule has 0 atom stereocenters. The van der Waals surface area contributed by atoms with Gasteiger partial charge in [0.25, 0.3) is 5.91 Å². The lowest BCUT2D eigenvalue weighted by molar-refractivity contribution is 0.0694. The first kappa shape index (κ1) is 9.71. The molecule has 0 saturated heterocycles. The molecule has 2 amide bonds. The number of carbonyl (C=O) groups is 2. The van der Waals surface area contributed by atoms with Crippen LogP contribution in [0.25, 0.3) is 0 Å². The van der Waals surface area contributed by atoms with E-state index in [1.165, 1.54) is 0 Å². The Labute approximate surface area is 87.4 Å². The monoisotopic (exact) mass is 205 g/mol. The average molecular weight is 205 g/mol. The van der Waals surface area contributed by atoms with Crippen molar-refractivity contribution in [2.75, 3.05) is 6.61 Å². The van der Waals surface area contributed by atoms with Crippen molar-refractivity contribution in [3.05, 3.63) is 35.4 Å². The smallest absolute Gasteiger partial charge is 0.417 e. The van der Waals surface area contributed by atoms with Crippen LogP contribution in [0.5, 0.6) is 0 Å². The zero-order chi connectivity index (χ0) is 10.8. The van der Waals surface area contributed by atoms with Crippen molar-refractivity contribution in [2.45, 2.75) is 13.5 Å². The molecule has 1 aromatic carbocycles. The molecule has 1 aliphatic rings. The van der Waals surface area contributed by atoms with Gasteiger partial charge in [0, 0.05) is 5.56 Å². The van der Waals surface area contributed by atoms with Crippen LogP contribution in [0.1, 0.15) is 22.8 Å². The highest BCUT2D eigenvalue weighted by Crippen LogP contribution is 2.22. The first-order chi connectivity index (χ1) is 7.24. The van der Waals surface area contributed by atoms with Gasteiger partial charge in [-0.05, 0) is 18.6 Å². The normalized spacial score (nSPS) is 13.9. The third kappa shape index (κ3) is 1.58. The Morgan fingerprint density at radius 1 is 1.47 bits per heavy atom. The van der Waals surface area contributed by atoms with Crippen LogP contribution in [0.2, 0.25) is 0 Å². The van der Waals surface area contributed by atoms with Gasteiger partial charge in [-0.15, -0.1) is 0 Å². The third-order valence-electron chi connectivity index (χ3n) is 2.31. The highest BCUT2D eigenvalue weighted by Gasteiger charge is 2.32. The maximum atomic E-state index is 11.7. The molecule has 0 N–H and O–H groups in total. The van der Waals surface area contributed by atoms with Crippen LogP contribution in [0, 0.1) is 0 Å². The first-order valence-corrected chi connectivity index (χ1v) is 4.80. The van der Waals surface area contributed by atoms with Gasteiger partial charge in [0.1, 0.15) is 0 Å². The molecule has 2 rings (SSSR count). The maximum absolute atomic E-state index is 11.7. The Morgan fingerprint density at radius 3 is 2.87 bits per heavy atom. The molecule has 0 unspecified atom stereocenters. The lowest BCUT2D eigenvalue weighted by Crippen LogP contribution is -2.31. The summed E-state index contributed by atoms with van der Waals surface area (Å²) in [6, 6.07) is 7.19. The van der Waals surface area contributed by atoms with E-state index in [4.69, 9.17) is 4.74 Å². The molecule has 0 radical (unpaired) electrons. The molecule has 0 aliphatic carbocycles. The van der Waals surface area contributed by atoms with Gasteiger partial charge in [-0.2, -0.15) is 0 Å². The van der Waals surface area contributed by atoms with E-state index in [-0.39, 0.29) is 12.5 Å². The second-order valence-corrected chi connectivity index (χ2v) is 3.25. The molecule has 0 fully saturated rings. The molecular weight excluding hydrogens is 194 g/mol. The number of carbonyl (C=O) groups excluding carboxylic acids is 2. The Balaban J connectivity index is 2.24. The molecule has 78 valence electrons. The fourth-order valence-corrected chi connectivity index (χ4v) is 1.60. The van der Waals surface area contributed by atoms with Crippen LogP contribution < -0.4 is 0 Å². The quantitative estimate of drug-likeness (QED) is 0.702. The lowest BCUT2D eigenvalue weighted by Gasteiger charge is -2.12. The molecule has 15 heavy (non-hydrogen) atoms. The van der Waals surface area contributed by atoms with Crippen LogP contribution in [0.3, 0.4) is 0 Å². The molecule has 0 spiro atoms. The Kier molecular flexibility index (Phi) is 2.41. The van der Waals surface area contributed by atoms with Gasteiger partial charge in [0.05, 0.1) is 13.2 Å². The minimum absolute atomic E-state index is 0.274. The Bertz CT molecular complexity index is 414. The van der Waals surface area contributed by atoms with E-state index in [0.717, 1.165) is 10.5 Å².